The first-order valence-electron chi connectivity index (χ1n) is 7.90. The van der Waals surface area contributed by atoms with Crippen molar-refractivity contribution in [3.05, 3.63) is 51.4 Å². The van der Waals surface area contributed by atoms with Crippen LogP contribution < -0.4 is 10.6 Å². The van der Waals surface area contributed by atoms with Gasteiger partial charge in [-0.1, -0.05) is 23.7 Å². The van der Waals surface area contributed by atoms with Crippen molar-refractivity contribution >= 4 is 58.8 Å². The van der Waals surface area contributed by atoms with Crippen LogP contribution in [0.5, 0.6) is 0 Å². The van der Waals surface area contributed by atoms with Crippen LogP contribution in [0, 0.1) is 0 Å². The van der Waals surface area contributed by atoms with Gasteiger partial charge in [-0.3, -0.25) is 4.79 Å². The predicted molar refractivity (Wildman–Crippen MR) is 119 cm³/mol. The number of pyridine rings is 1. The number of carbonyl (C=O) groups excluding carboxylic acids is 1. The minimum Gasteiger partial charge on any atom is -0.356 e. The van der Waals surface area contributed by atoms with E-state index >= 15 is 0 Å². The van der Waals surface area contributed by atoms with Gasteiger partial charge in [-0.15, -0.1) is 35.3 Å². The molecular formula is C17H23ClIN5OS. The molecule has 0 fully saturated rings. The van der Waals surface area contributed by atoms with Crippen molar-refractivity contribution in [2.45, 2.75) is 13.0 Å². The highest BCUT2D eigenvalue weighted by molar-refractivity contribution is 14.0. The Morgan fingerprint density at radius 1 is 1.31 bits per heavy atom. The first kappa shape index (κ1) is 22.7. The maximum atomic E-state index is 11.8. The molecular weight excluding hydrogens is 485 g/mol. The van der Waals surface area contributed by atoms with Crippen molar-refractivity contribution < 1.29 is 4.79 Å². The SMILES string of the molecule is CN(C)C(=O)CN=C(NCCc1ccc(Cl)nc1)NCc1cccs1.I. The molecule has 26 heavy (non-hydrogen) atoms. The van der Waals surface area contributed by atoms with Crippen LogP contribution in [0.3, 0.4) is 0 Å². The molecule has 2 heterocycles. The van der Waals surface area contributed by atoms with Crippen LogP contribution in [-0.4, -0.2) is 48.9 Å². The molecule has 0 bridgehead atoms. The van der Waals surface area contributed by atoms with E-state index in [2.05, 4.69) is 26.7 Å². The molecule has 0 spiro atoms. The molecule has 0 unspecified atom stereocenters. The van der Waals surface area contributed by atoms with E-state index < -0.39 is 0 Å². The standard InChI is InChI=1S/C17H22ClN5OS.HI/c1-23(2)16(24)12-22-17(21-11-14-4-3-9-25-14)19-8-7-13-5-6-15(18)20-10-13;/h3-6,9-10H,7-8,11-12H2,1-2H3,(H2,19,21,22);1H. The summed E-state index contributed by atoms with van der Waals surface area (Å²) in [6.45, 7) is 1.45. The smallest absolute Gasteiger partial charge is 0.243 e. The first-order chi connectivity index (χ1) is 12.0. The summed E-state index contributed by atoms with van der Waals surface area (Å²) in [5.41, 5.74) is 1.08. The zero-order valence-corrected chi connectivity index (χ0v) is 18.6. The number of rotatable bonds is 7. The van der Waals surface area contributed by atoms with Gasteiger partial charge in [0.25, 0.3) is 0 Å². The molecule has 2 aromatic rings. The summed E-state index contributed by atoms with van der Waals surface area (Å²) in [4.78, 5) is 22.9. The second-order valence-electron chi connectivity index (χ2n) is 5.55. The van der Waals surface area contributed by atoms with Gasteiger partial charge in [0.1, 0.15) is 11.7 Å². The average molecular weight is 508 g/mol. The highest BCUT2D eigenvalue weighted by atomic mass is 127. The first-order valence-corrected chi connectivity index (χ1v) is 9.15. The molecule has 142 valence electrons. The largest absolute Gasteiger partial charge is 0.356 e. The Kier molecular flexibility index (Phi) is 10.5. The van der Waals surface area contributed by atoms with Crippen LogP contribution in [0.4, 0.5) is 0 Å². The molecule has 0 saturated carbocycles. The van der Waals surface area contributed by atoms with Crippen molar-refractivity contribution in [1.29, 1.82) is 0 Å². The molecule has 0 saturated heterocycles. The summed E-state index contributed by atoms with van der Waals surface area (Å²) in [6.07, 6.45) is 2.54. The molecule has 0 aliphatic carbocycles. The Labute approximate surface area is 180 Å². The van der Waals surface area contributed by atoms with Gasteiger partial charge < -0.3 is 15.5 Å². The van der Waals surface area contributed by atoms with Gasteiger partial charge in [0, 0.05) is 31.7 Å². The highest BCUT2D eigenvalue weighted by Gasteiger charge is 2.05. The number of thiophene rings is 1. The monoisotopic (exact) mass is 507 g/mol. The van der Waals surface area contributed by atoms with E-state index in [-0.39, 0.29) is 36.4 Å². The van der Waals surface area contributed by atoms with Crippen molar-refractivity contribution in [3.63, 3.8) is 0 Å². The highest BCUT2D eigenvalue weighted by Crippen LogP contribution is 2.07. The number of guanidine groups is 1. The van der Waals surface area contributed by atoms with Crippen LogP contribution in [-0.2, 0) is 17.8 Å². The van der Waals surface area contributed by atoms with E-state index in [1.165, 1.54) is 9.78 Å². The predicted octanol–water partition coefficient (Wildman–Crippen LogP) is 2.78. The van der Waals surface area contributed by atoms with Gasteiger partial charge in [0.2, 0.25) is 5.91 Å². The molecule has 1 amide bonds. The fourth-order valence-electron chi connectivity index (χ4n) is 1.93. The van der Waals surface area contributed by atoms with Gasteiger partial charge in [-0.2, -0.15) is 0 Å². The second kappa shape index (κ2) is 12.1. The fourth-order valence-corrected chi connectivity index (χ4v) is 2.68. The molecule has 0 aliphatic heterocycles. The molecule has 0 atom stereocenters. The van der Waals surface area contributed by atoms with Gasteiger partial charge >= 0.3 is 0 Å². The number of amides is 1. The molecule has 0 aromatic carbocycles. The number of nitrogens with one attached hydrogen (secondary N) is 2. The van der Waals surface area contributed by atoms with E-state index in [0.717, 1.165) is 12.0 Å². The van der Waals surface area contributed by atoms with Crippen LogP contribution in [0.2, 0.25) is 5.15 Å². The third-order valence-electron chi connectivity index (χ3n) is 3.38. The molecule has 2 aromatic heterocycles. The maximum Gasteiger partial charge on any atom is 0.243 e. The van der Waals surface area contributed by atoms with Gasteiger partial charge in [-0.05, 0) is 29.5 Å². The number of aromatic nitrogens is 1. The third kappa shape index (κ3) is 8.33. The Hall–Kier alpha value is -1.39. The van der Waals surface area contributed by atoms with Crippen molar-refractivity contribution in [1.82, 2.24) is 20.5 Å². The summed E-state index contributed by atoms with van der Waals surface area (Å²) in [5, 5.41) is 9.02. The minimum atomic E-state index is -0.0425. The van der Waals surface area contributed by atoms with E-state index in [1.54, 1.807) is 37.7 Å². The molecule has 9 heteroatoms. The summed E-state index contributed by atoms with van der Waals surface area (Å²) < 4.78 is 0. The molecule has 2 rings (SSSR count). The number of carbonyl (C=O) groups is 1. The number of nitrogens with zero attached hydrogens (tertiary/aromatic N) is 3. The number of hydrogen-bond donors (Lipinski definition) is 2. The number of halogens is 2. The Bertz CT molecular complexity index is 692. The van der Waals surface area contributed by atoms with Gasteiger partial charge in [0.05, 0.1) is 6.54 Å². The molecule has 6 nitrogen and oxygen atoms in total. The van der Waals surface area contributed by atoms with Crippen LogP contribution in [0.25, 0.3) is 0 Å². The fraction of sp³-hybridized carbons (Fsp3) is 0.353. The van der Waals surface area contributed by atoms with E-state index in [1.807, 2.05) is 17.5 Å². The Balaban J connectivity index is 0.00000338. The lowest BCUT2D eigenvalue weighted by Crippen LogP contribution is -2.39. The number of likely N-dealkylation sites (N-methyl/N-ethyl adjacent to an activating group) is 1. The molecule has 0 radical (unpaired) electrons. The maximum absolute atomic E-state index is 11.8. The van der Waals surface area contributed by atoms with Crippen molar-refractivity contribution in [3.8, 4) is 0 Å². The second-order valence-corrected chi connectivity index (χ2v) is 6.97. The number of aliphatic imine (C=N–C) groups is 1. The summed E-state index contributed by atoms with van der Waals surface area (Å²) in [5.74, 6) is 0.574. The lowest BCUT2D eigenvalue weighted by atomic mass is 10.2. The minimum absolute atomic E-state index is 0. The van der Waals surface area contributed by atoms with Crippen LogP contribution in [0.15, 0.2) is 40.8 Å². The quantitative estimate of drug-likeness (QED) is 0.262. The summed E-state index contributed by atoms with van der Waals surface area (Å²) >= 11 is 7.47. The van der Waals surface area contributed by atoms with Crippen molar-refractivity contribution in [2.75, 3.05) is 27.2 Å². The lowest BCUT2D eigenvalue weighted by molar-refractivity contribution is -0.127. The van der Waals surface area contributed by atoms with Gasteiger partial charge in [-0.25, -0.2) is 9.98 Å². The normalized spacial score (nSPS) is 10.8. The van der Waals surface area contributed by atoms with E-state index in [9.17, 15) is 4.79 Å². The zero-order valence-electron chi connectivity index (χ0n) is 14.7. The van der Waals surface area contributed by atoms with Crippen LogP contribution in [0.1, 0.15) is 10.4 Å². The van der Waals surface area contributed by atoms with E-state index in [4.69, 9.17) is 11.6 Å². The molecule has 2 N–H and O–H groups in total. The Morgan fingerprint density at radius 2 is 2.12 bits per heavy atom. The molecule has 0 aliphatic rings. The summed E-state index contributed by atoms with van der Waals surface area (Å²) in [7, 11) is 3.44. The van der Waals surface area contributed by atoms with Crippen molar-refractivity contribution in [2.24, 2.45) is 4.99 Å². The summed E-state index contributed by atoms with van der Waals surface area (Å²) in [6, 6.07) is 7.79. The average Bonchev–Trinajstić information content (AvgIpc) is 3.11. The third-order valence-corrected chi connectivity index (χ3v) is 4.48. The lowest BCUT2D eigenvalue weighted by Gasteiger charge is -2.13. The van der Waals surface area contributed by atoms with Crippen LogP contribution >= 0.6 is 46.9 Å². The number of hydrogen-bond acceptors (Lipinski definition) is 4. The topological polar surface area (TPSA) is 69.6 Å². The van der Waals surface area contributed by atoms with Gasteiger partial charge in [0.15, 0.2) is 5.96 Å². The van der Waals surface area contributed by atoms with E-state index in [0.29, 0.717) is 24.2 Å². The Morgan fingerprint density at radius 3 is 2.73 bits per heavy atom. The zero-order chi connectivity index (χ0) is 18.1.